The second-order valence-electron chi connectivity index (χ2n) is 13.9. The lowest BCUT2D eigenvalue weighted by Crippen LogP contribution is -2.02. The molecule has 8 aromatic carbocycles. The van der Waals surface area contributed by atoms with Crippen molar-refractivity contribution in [2.24, 2.45) is 0 Å². The fourth-order valence-electron chi connectivity index (χ4n) is 8.51. The van der Waals surface area contributed by atoms with Crippen molar-refractivity contribution in [2.75, 3.05) is 0 Å². The lowest BCUT2D eigenvalue weighted by Gasteiger charge is -2.11. The Morgan fingerprint density at radius 2 is 0.692 bits per heavy atom. The first-order valence-corrected chi connectivity index (χ1v) is 18.9. The molecule has 0 aliphatic rings. The van der Waals surface area contributed by atoms with Crippen molar-refractivity contribution in [3.05, 3.63) is 182 Å². The SMILES string of the molecule is [SiH3]c1ccc(-n2c3ccccc3c3cc(-c4ccc5c6ccccc6n(-c6ccc7c(c6)c6ccccc6n7-c6ccccc6)c5c4)ccc32)cc1. The van der Waals surface area contributed by atoms with Crippen molar-refractivity contribution in [1.82, 2.24) is 13.7 Å². The predicted molar refractivity (Wildman–Crippen MR) is 224 cm³/mol. The lowest BCUT2D eigenvalue weighted by atomic mass is 10.0. The van der Waals surface area contributed by atoms with E-state index >= 15 is 0 Å². The van der Waals surface area contributed by atoms with Gasteiger partial charge in [-0.1, -0.05) is 108 Å². The van der Waals surface area contributed by atoms with Gasteiger partial charge in [-0.25, -0.2) is 0 Å². The van der Waals surface area contributed by atoms with Crippen LogP contribution in [0.15, 0.2) is 182 Å². The van der Waals surface area contributed by atoms with Crippen LogP contribution in [0, 0.1) is 0 Å². The van der Waals surface area contributed by atoms with Gasteiger partial charge in [0.2, 0.25) is 0 Å². The van der Waals surface area contributed by atoms with E-state index in [1.807, 2.05) is 0 Å². The molecule has 52 heavy (non-hydrogen) atoms. The van der Waals surface area contributed by atoms with E-state index in [1.165, 1.54) is 93.1 Å². The molecular weight excluding hydrogens is 647 g/mol. The van der Waals surface area contributed by atoms with Crippen LogP contribution in [0.2, 0.25) is 0 Å². The van der Waals surface area contributed by atoms with E-state index in [0.29, 0.717) is 0 Å². The first-order valence-electron chi connectivity index (χ1n) is 17.9. The smallest absolute Gasteiger partial charge is 0.0547 e. The Bertz CT molecular complexity index is 3180. The maximum absolute atomic E-state index is 2.45. The number of para-hydroxylation sites is 4. The Hall–Kier alpha value is -6.62. The van der Waals surface area contributed by atoms with Gasteiger partial charge in [0, 0.05) is 59.6 Å². The zero-order chi connectivity index (χ0) is 34.3. The van der Waals surface area contributed by atoms with Crippen LogP contribution in [0.3, 0.4) is 0 Å². The number of benzene rings is 8. The summed E-state index contributed by atoms with van der Waals surface area (Å²) >= 11 is 0. The summed E-state index contributed by atoms with van der Waals surface area (Å²) in [7, 11) is 1.05. The highest BCUT2D eigenvalue weighted by molar-refractivity contribution is 6.32. The molecule has 0 bridgehead atoms. The number of aromatic nitrogens is 3. The van der Waals surface area contributed by atoms with Crippen LogP contribution in [0.1, 0.15) is 0 Å². The standard InChI is InChI=1S/C48H33N3Si/c52-36-23-20-34(21-24-36)50-44-16-8-5-13-38(44)41-28-31(19-26-46(41)50)32-18-25-40-37-12-4-7-15-43(37)51(48(40)29-32)35-22-27-47-42(30-35)39-14-6-9-17-45(39)49(47)33-10-2-1-3-11-33/h1-30H,52H3. The van der Waals surface area contributed by atoms with Crippen LogP contribution in [0.25, 0.3) is 93.6 Å². The molecule has 0 saturated heterocycles. The average molecular weight is 680 g/mol. The Morgan fingerprint density at radius 3 is 1.35 bits per heavy atom. The van der Waals surface area contributed by atoms with Gasteiger partial charge < -0.3 is 13.7 Å². The lowest BCUT2D eigenvalue weighted by molar-refractivity contribution is 1.17. The highest BCUT2D eigenvalue weighted by Crippen LogP contribution is 2.40. The van der Waals surface area contributed by atoms with Gasteiger partial charge in [-0.2, -0.15) is 0 Å². The summed E-state index contributed by atoms with van der Waals surface area (Å²) in [5.41, 5.74) is 13.2. The quantitative estimate of drug-likeness (QED) is 0.165. The van der Waals surface area contributed by atoms with Gasteiger partial charge in [0.1, 0.15) is 0 Å². The molecule has 0 aliphatic heterocycles. The van der Waals surface area contributed by atoms with Gasteiger partial charge in [-0.15, -0.1) is 0 Å². The van der Waals surface area contributed by atoms with E-state index in [0.717, 1.165) is 15.9 Å². The number of hydrogen-bond acceptors (Lipinski definition) is 0. The molecule has 4 heteroatoms. The predicted octanol–water partition coefficient (Wildman–Crippen LogP) is 10.6. The first kappa shape index (κ1) is 29.1. The van der Waals surface area contributed by atoms with Gasteiger partial charge >= 0.3 is 0 Å². The second-order valence-corrected chi connectivity index (χ2v) is 15.0. The molecule has 0 radical (unpaired) electrons. The number of hydrogen-bond donors (Lipinski definition) is 0. The summed E-state index contributed by atoms with van der Waals surface area (Å²) in [4.78, 5) is 0. The molecule has 3 nitrogen and oxygen atoms in total. The van der Waals surface area contributed by atoms with E-state index < -0.39 is 0 Å². The Labute approximate surface area is 303 Å². The Kier molecular flexibility index (Phi) is 6.27. The normalized spacial score (nSPS) is 12.0. The minimum Gasteiger partial charge on any atom is -0.309 e. The molecule has 3 heterocycles. The van der Waals surface area contributed by atoms with Crippen molar-refractivity contribution < 1.29 is 0 Å². The van der Waals surface area contributed by atoms with Crippen molar-refractivity contribution in [3.8, 4) is 28.2 Å². The van der Waals surface area contributed by atoms with E-state index in [1.54, 1.807) is 0 Å². The second kappa shape index (κ2) is 11.2. The molecule has 0 N–H and O–H groups in total. The van der Waals surface area contributed by atoms with E-state index in [4.69, 9.17) is 0 Å². The third-order valence-corrected chi connectivity index (χ3v) is 11.6. The van der Waals surface area contributed by atoms with Crippen LogP contribution in [-0.2, 0) is 0 Å². The summed E-state index contributed by atoms with van der Waals surface area (Å²) in [6.45, 7) is 0. The molecule has 3 aromatic heterocycles. The minimum absolute atomic E-state index is 1.05. The fourth-order valence-corrected chi connectivity index (χ4v) is 8.84. The van der Waals surface area contributed by atoms with Crippen molar-refractivity contribution >= 4 is 80.8 Å². The van der Waals surface area contributed by atoms with Crippen LogP contribution < -0.4 is 5.19 Å². The number of rotatable bonds is 4. The van der Waals surface area contributed by atoms with Gasteiger partial charge in [0.25, 0.3) is 0 Å². The third-order valence-electron chi connectivity index (χ3n) is 10.9. The Morgan fingerprint density at radius 1 is 0.269 bits per heavy atom. The summed E-state index contributed by atoms with van der Waals surface area (Å²) in [6, 6.07) is 67.0. The maximum atomic E-state index is 2.45. The van der Waals surface area contributed by atoms with Gasteiger partial charge in [-0.3, -0.25) is 0 Å². The van der Waals surface area contributed by atoms with Crippen molar-refractivity contribution in [2.45, 2.75) is 0 Å². The first-order chi connectivity index (χ1) is 25.7. The molecule has 0 atom stereocenters. The molecule has 0 aliphatic carbocycles. The summed E-state index contributed by atoms with van der Waals surface area (Å²) in [6.07, 6.45) is 0. The highest BCUT2D eigenvalue weighted by Gasteiger charge is 2.18. The molecule has 11 aromatic rings. The third kappa shape index (κ3) is 4.25. The van der Waals surface area contributed by atoms with E-state index in [2.05, 4.69) is 196 Å². The van der Waals surface area contributed by atoms with Gasteiger partial charge in [-0.05, 0) is 90.0 Å². The molecule has 0 saturated carbocycles. The largest absolute Gasteiger partial charge is 0.309 e. The maximum Gasteiger partial charge on any atom is 0.0547 e. The van der Waals surface area contributed by atoms with E-state index in [-0.39, 0.29) is 0 Å². The summed E-state index contributed by atoms with van der Waals surface area (Å²) in [5.74, 6) is 0. The zero-order valence-electron chi connectivity index (χ0n) is 28.7. The molecule has 244 valence electrons. The summed E-state index contributed by atoms with van der Waals surface area (Å²) in [5, 5.41) is 8.96. The van der Waals surface area contributed by atoms with Crippen LogP contribution in [0.5, 0.6) is 0 Å². The highest BCUT2D eigenvalue weighted by atomic mass is 28.1. The topological polar surface area (TPSA) is 14.8 Å². The van der Waals surface area contributed by atoms with Crippen LogP contribution in [0.4, 0.5) is 0 Å². The molecular formula is C48H33N3Si. The number of fused-ring (bicyclic) bond motifs is 9. The fraction of sp³-hybridized carbons (Fsp3) is 0. The molecule has 0 spiro atoms. The van der Waals surface area contributed by atoms with Crippen LogP contribution in [-0.4, -0.2) is 23.9 Å². The van der Waals surface area contributed by atoms with Gasteiger partial charge in [0.15, 0.2) is 0 Å². The zero-order valence-corrected chi connectivity index (χ0v) is 30.7. The van der Waals surface area contributed by atoms with E-state index in [9.17, 15) is 0 Å². The van der Waals surface area contributed by atoms with Gasteiger partial charge in [0.05, 0.1) is 33.1 Å². The molecule has 0 unspecified atom stereocenters. The Balaban J connectivity index is 1.12. The van der Waals surface area contributed by atoms with Crippen LogP contribution >= 0.6 is 0 Å². The molecule has 11 rings (SSSR count). The summed E-state index contributed by atoms with van der Waals surface area (Å²) < 4.78 is 7.24. The monoisotopic (exact) mass is 679 g/mol. The average Bonchev–Trinajstić information content (AvgIpc) is 3.83. The van der Waals surface area contributed by atoms with Crippen molar-refractivity contribution in [3.63, 3.8) is 0 Å². The van der Waals surface area contributed by atoms with Crippen molar-refractivity contribution in [1.29, 1.82) is 0 Å². The minimum atomic E-state index is 1.05. The molecule has 0 amide bonds. The molecule has 0 fully saturated rings. The number of nitrogens with zero attached hydrogens (tertiary/aromatic N) is 3.